The molecule has 3 nitrogen and oxygen atoms in total. The maximum atomic E-state index is 9.47. The van der Waals surface area contributed by atoms with Crippen molar-refractivity contribution in [3.05, 3.63) is 12.7 Å². The van der Waals surface area contributed by atoms with E-state index >= 15 is 0 Å². The van der Waals surface area contributed by atoms with Crippen molar-refractivity contribution < 1.29 is 39.1 Å². The summed E-state index contributed by atoms with van der Waals surface area (Å²) in [5, 5.41) is 0. The Hall–Kier alpha value is 0.320. The van der Waals surface area contributed by atoms with Crippen LogP contribution in [-0.2, 0) is 22.2 Å². The smallest absolute Gasteiger partial charge is 0.511 e. The Morgan fingerprint density at radius 3 is 2.00 bits per heavy atom. The summed E-state index contributed by atoms with van der Waals surface area (Å²) in [4.78, 5) is 9.47. The number of nitrogens with two attached hydrogens (primary N) is 1. The maximum Gasteiger partial charge on any atom is 1.00 e. The van der Waals surface area contributed by atoms with Crippen LogP contribution in [-0.4, -0.2) is 16.4 Å². The van der Waals surface area contributed by atoms with Gasteiger partial charge in [-0.3, -0.25) is 4.79 Å². The van der Waals surface area contributed by atoms with E-state index in [-0.39, 0.29) is 40.0 Å². The number of rotatable bonds is 2. The number of hydrogen-bond donors (Lipinski definition) is 1. The van der Waals surface area contributed by atoms with Crippen LogP contribution in [0.4, 0.5) is 0 Å². The first-order valence-electron chi connectivity index (χ1n) is 3.19. The van der Waals surface area contributed by atoms with Crippen molar-refractivity contribution >= 4 is 35.1 Å². The van der Waals surface area contributed by atoms with Gasteiger partial charge in [0.15, 0.2) is 0 Å². The minimum atomic E-state index is -0.481. The zero-order chi connectivity index (χ0) is 10.1. The van der Waals surface area contributed by atoms with Crippen LogP contribution in [0.25, 0.3) is 0 Å². The molecule has 0 rings (SSSR count). The summed E-state index contributed by atoms with van der Waals surface area (Å²) in [6.07, 6.45) is 1.19. The molecule has 70 valence electrons. The van der Waals surface area contributed by atoms with Crippen LogP contribution in [0.1, 0.15) is 13.8 Å². The molecule has 0 aromatic carbocycles. The van der Waals surface area contributed by atoms with Crippen LogP contribution in [0.3, 0.4) is 0 Å². The van der Waals surface area contributed by atoms with Gasteiger partial charge >= 0.3 is 29.6 Å². The fourth-order valence-electron chi connectivity index (χ4n) is 0.192. The molecule has 0 aliphatic carbocycles. The van der Waals surface area contributed by atoms with Crippen molar-refractivity contribution in [3.63, 3.8) is 0 Å². The molecule has 0 aliphatic rings. The van der Waals surface area contributed by atoms with E-state index in [0.29, 0.717) is 0 Å². The van der Waals surface area contributed by atoms with Crippen LogP contribution < -0.4 is 35.3 Å². The fourth-order valence-corrected chi connectivity index (χ4v) is 0.577. The Bertz CT molecular complexity index is 174. The zero-order valence-corrected chi connectivity index (χ0v) is 11.7. The molecule has 0 heterocycles. The zero-order valence-electron chi connectivity index (χ0n) is 8.07. The molecular weight excluding hydrogens is 217 g/mol. The van der Waals surface area contributed by atoms with Gasteiger partial charge in [-0.05, 0) is 19.9 Å². The van der Waals surface area contributed by atoms with E-state index in [9.17, 15) is 4.79 Å². The van der Waals surface area contributed by atoms with Crippen molar-refractivity contribution in [1.29, 1.82) is 0 Å². The van der Waals surface area contributed by atoms with E-state index in [0.717, 1.165) is 6.08 Å². The Morgan fingerprint density at radius 1 is 1.69 bits per heavy atom. The summed E-state index contributed by atoms with van der Waals surface area (Å²) in [7, 11) is 0. The molecule has 0 unspecified atom stereocenters. The number of ether oxygens (including phenoxy) is 1. The van der Waals surface area contributed by atoms with Gasteiger partial charge in [0.2, 0.25) is 5.91 Å². The van der Waals surface area contributed by atoms with Gasteiger partial charge in [-0.2, -0.15) is 0 Å². The molecule has 0 aromatic heterocycles. The third-order valence-electron chi connectivity index (χ3n) is 0.533. The predicted molar refractivity (Wildman–Crippen MR) is 55.6 cm³/mol. The first kappa shape index (κ1) is 19.0. The predicted octanol–water partition coefficient (Wildman–Crippen LogP) is -2.10. The Balaban J connectivity index is -0.000000150. The Labute approximate surface area is 112 Å². The number of thiocarbonyl (C=S) groups is 1. The molecule has 0 bridgehead atoms. The van der Waals surface area contributed by atoms with Gasteiger partial charge in [0.05, 0.1) is 6.10 Å². The molecule has 2 N–H and O–H groups in total. The Kier molecular flexibility index (Phi) is 18.0. The minimum absolute atomic E-state index is 0. The van der Waals surface area contributed by atoms with Crippen molar-refractivity contribution in [2.45, 2.75) is 20.0 Å². The third-order valence-corrected chi connectivity index (χ3v) is 0.726. The monoisotopic (exact) mass is 229 g/mol. The molecular formula is C7H12NNaO2S2. The molecule has 0 aliphatic heterocycles. The SMILES string of the molecule is C=CC(N)=O.CC(C)OC(=S)[S-].[Na+]. The second-order valence-corrected chi connectivity index (χ2v) is 3.02. The second-order valence-electron chi connectivity index (χ2n) is 2.02. The van der Waals surface area contributed by atoms with E-state index in [1.54, 1.807) is 0 Å². The molecule has 0 saturated heterocycles. The molecule has 6 heteroatoms. The van der Waals surface area contributed by atoms with Crippen LogP contribution in [0.15, 0.2) is 12.7 Å². The summed E-state index contributed by atoms with van der Waals surface area (Å²) in [6, 6.07) is 0. The molecule has 0 aromatic rings. The quantitative estimate of drug-likeness (QED) is 0.255. The number of carbonyl (C=O) groups is 1. The molecule has 0 saturated carbocycles. The molecule has 0 radical (unpaired) electrons. The van der Waals surface area contributed by atoms with Crippen LogP contribution in [0.5, 0.6) is 0 Å². The number of amides is 1. The standard InChI is InChI=1S/C4H8OS2.C3H5NO.Na/c1-3(2)5-4(6)7;1-2-3(4)5;/h3H,1-2H3,(H,6,7);2H,1H2,(H2,4,5);/q;;+1/p-1. The van der Waals surface area contributed by atoms with Crippen LogP contribution in [0.2, 0.25) is 0 Å². The summed E-state index contributed by atoms with van der Waals surface area (Å²) in [5.41, 5.74) is 4.53. The van der Waals surface area contributed by atoms with E-state index < -0.39 is 5.91 Å². The third kappa shape index (κ3) is 32.9. The summed E-state index contributed by atoms with van der Waals surface area (Å²) < 4.78 is 5.00. The van der Waals surface area contributed by atoms with E-state index in [4.69, 9.17) is 4.74 Å². The van der Waals surface area contributed by atoms with E-state index in [2.05, 4.69) is 37.2 Å². The van der Waals surface area contributed by atoms with Gasteiger partial charge in [0.25, 0.3) is 0 Å². The van der Waals surface area contributed by atoms with Crippen molar-refractivity contribution in [3.8, 4) is 0 Å². The average molecular weight is 229 g/mol. The summed E-state index contributed by atoms with van der Waals surface area (Å²) >= 11 is 8.93. The average Bonchev–Trinajstić information content (AvgIpc) is 1.85. The van der Waals surface area contributed by atoms with E-state index in [1.165, 1.54) is 0 Å². The van der Waals surface area contributed by atoms with Crippen molar-refractivity contribution in [1.82, 2.24) is 0 Å². The second kappa shape index (κ2) is 12.3. The van der Waals surface area contributed by atoms with Crippen LogP contribution >= 0.6 is 12.2 Å². The van der Waals surface area contributed by atoms with Gasteiger partial charge in [0, 0.05) is 4.38 Å². The molecule has 13 heavy (non-hydrogen) atoms. The number of carbonyl (C=O) groups excluding carboxylic acids is 1. The topological polar surface area (TPSA) is 52.3 Å². The van der Waals surface area contributed by atoms with Crippen LogP contribution in [0, 0.1) is 0 Å². The van der Waals surface area contributed by atoms with Gasteiger partial charge in [-0.1, -0.05) is 6.58 Å². The minimum Gasteiger partial charge on any atom is -0.511 e. The van der Waals surface area contributed by atoms with Gasteiger partial charge in [-0.25, -0.2) is 0 Å². The van der Waals surface area contributed by atoms with E-state index in [1.807, 2.05) is 13.8 Å². The molecule has 0 atom stereocenters. The first-order valence-corrected chi connectivity index (χ1v) is 4.01. The number of primary amides is 1. The molecule has 1 amide bonds. The van der Waals surface area contributed by atoms with Crippen molar-refractivity contribution in [2.75, 3.05) is 0 Å². The maximum absolute atomic E-state index is 9.47. The first-order chi connectivity index (χ1) is 5.40. The molecule has 0 fully saturated rings. The Morgan fingerprint density at radius 2 is 2.00 bits per heavy atom. The summed E-state index contributed by atoms with van der Waals surface area (Å²) in [5.74, 6) is -0.481. The van der Waals surface area contributed by atoms with Gasteiger partial charge in [0.1, 0.15) is 0 Å². The number of hydrogen-bond acceptors (Lipinski definition) is 4. The van der Waals surface area contributed by atoms with Crippen molar-refractivity contribution in [2.24, 2.45) is 5.73 Å². The van der Waals surface area contributed by atoms with Gasteiger partial charge < -0.3 is 35.3 Å². The van der Waals surface area contributed by atoms with Gasteiger partial charge in [-0.15, -0.1) is 0 Å². The summed E-state index contributed by atoms with van der Waals surface area (Å²) in [6.45, 7) is 6.86. The fraction of sp³-hybridized carbons (Fsp3) is 0.429. The normalized spacial score (nSPS) is 7.31. The largest absolute Gasteiger partial charge is 1.00 e. The molecule has 0 spiro atoms.